The molecule has 144 valence electrons. The van der Waals surface area contributed by atoms with Gasteiger partial charge in [0, 0.05) is 5.02 Å². The Labute approximate surface area is 166 Å². The summed E-state index contributed by atoms with van der Waals surface area (Å²) >= 11 is 6.07. The molecule has 0 aliphatic heterocycles. The smallest absolute Gasteiger partial charge is 0.337 e. The number of nitrogens with one attached hydrogen (secondary N) is 1. The first-order valence-corrected chi connectivity index (χ1v) is 8.67. The molecule has 1 aromatic heterocycles. The summed E-state index contributed by atoms with van der Waals surface area (Å²) < 4.78 is 15.6. The standard InChI is InChI=1S/C20H17ClN2O5/c1-11-18(12(2)28-23-11)19(24)22-16-10-14(21)6-9-17(16)27-15-7-4-13(5-8-15)20(25)26-3/h4-10H,1-3H3,(H,22,24). The summed E-state index contributed by atoms with van der Waals surface area (Å²) in [4.78, 5) is 24.1. The Kier molecular flexibility index (Phi) is 5.65. The van der Waals surface area contributed by atoms with Crippen LogP contribution in [-0.4, -0.2) is 24.1 Å². The quantitative estimate of drug-likeness (QED) is 0.620. The number of esters is 1. The lowest BCUT2D eigenvalue weighted by molar-refractivity contribution is 0.0600. The maximum Gasteiger partial charge on any atom is 0.337 e. The van der Waals surface area contributed by atoms with Gasteiger partial charge >= 0.3 is 5.97 Å². The number of anilines is 1. The molecule has 0 aliphatic rings. The third-order valence-electron chi connectivity index (χ3n) is 3.95. The summed E-state index contributed by atoms with van der Waals surface area (Å²) in [6, 6.07) is 11.3. The second kappa shape index (κ2) is 8.14. The summed E-state index contributed by atoms with van der Waals surface area (Å²) in [5.41, 5.74) is 1.62. The lowest BCUT2D eigenvalue weighted by atomic mass is 10.2. The van der Waals surface area contributed by atoms with E-state index in [0.717, 1.165) is 0 Å². The number of hydrogen-bond donors (Lipinski definition) is 1. The number of halogens is 1. The first-order valence-electron chi connectivity index (χ1n) is 8.29. The van der Waals surface area contributed by atoms with E-state index in [1.807, 2.05) is 0 Å². The van der Waals surface area contributed by atoms with E-state index in [9.17, 15) is 9.59 Å². The van der Waals surface area contributed by atoms with E-state index in [1.165, 1.54) is 7.11 Å². The molecule has 0 unspecified atom stereocenters. The van der Waals surface area contributed by atoms with Crippen LogP contribution in [0.15, 0.2) is 47.0 Å². The topological polar surface area (TPSA) is 90.7 Å². The van der Waals surface area contributed by atoms with Crippen LogP contribution >= 0.6 is 11.6 Å². The van der Waals surface area contributed by atoms with Gasteiger partial charge in [0.05, 0.1) is 24.1 Å². The van der Waals surface area contributed by atoms with E-state index >= 15 is 0 Å². The molecule has 0 bridgehead atoms. The van der Waals surface area contributed by atoms with Crippen molar-refractivity contribution in [2.45, 2.75) is 13.8 Å². The van der Waals surface area contributed by atoms with Crippen molar-refractivity contribution in [1.29, 1.82) is 0 Å². The van der Waals surface area contributed by atoms with Crippen LogP contribution in [0.4, 0.5) is 5.69 Å². The van der Waals surface area contributed by atoms with Crippen LogP contribution in [-0.2, 0) is 4.74 Å². The highest BCUT2D eigenvalue weighted by molar-refractivity contribution is 6.31. The lowest BCUT2D eigenvalue weighted by Crippen LogP contribution is -2.14. The summed E-state index contributed by atoms with van der Waals surface area (Å²) in [6.07, 6.45) is 0. The Morgan fingerprint density at radius 3 is 2.43 bits per heavy atom. The summed E-state index contributed by atoms with van der Waals surface area (Å²) in [7, 11) is 1.31. The van der Waals surface area contributed by atoms with Gasteiger partial charge in [-0.15, -0.1) is 0 Å². The van der Waals surface area contributed by atoms with E-state index in [4.69, 9.17) is 20.9 Å². The van der Waals surface area contributed by atoms with Gasteiger partial charge in [0.15, 0.2) is 5.75 Å². The van der Waals surface area contributed by atoms with Crippen molar-refractivity contribution in [3.63, 3.8) is 0 Å². The van der Waals surface area contributed by atoms with Crippen molar-refractivity contribution in [2.24, 2.45) is 0 Å². The van der Waals surface area contributed by atoms with Gasteiger partial charge < -0.3 is 19.3 Å². The number of hydrogen-bond acceptors (Lipinski definition) is 6. The molecule has 1 amide bonds. The SMILES string of the molecule is COC(=O)c1ccc(Oc2ccc(Cl)cc2NC(=O)c2c(C)noc2C)cc1. The number of rotatable bonds is 5. The molecule has 0 aliphatic carbocycles. The molecule has 2 aromatic carbocycles. The molecule has 7 nitrogen and oxygen atoms in total. The fourth-order valence-corrected chi connectivity index (χ4v) is 2.76. The Hall–Kier alpha value is -3.32. The van der Waals surface area contributed by atoms with E-state index in [1.54, 1.807) is 56.3 Å². The molecule has 0 spiro atoms. The monoisotopic (exact) mass is 400 g/mol. The maximum absolute atomic E-state index is 12.6. The van der Waals surface area contributed by atoms with E-state index in [-0.39, 0.29) is 5.91 Å². The molecule has 1 heterocycles. The summed E-state index contributed by atoms with van der Waals surface area (Å²) in [5, 5.41) is 6.99. The molecule has 3 aromatic rings. The number of benzene rings is 2. The Bertz CT molecular complexity index is 1010. The zero-order valence-corrected chi connectivity index (χ0v) is 16.2. The second-order valence-corrected chi connectivity index (χ2v) is 6.35. The minimum atomic E-state index is -0.439. The van der Waals surface area contributed by atoms with Crippen molar-refractivity contribution in [3.8, 4) is 11.5 Å². The van der Waals surface area contributed by atoms with Crippen molar-refractivity contribution >= 4 is 29.2 Å². The van der Waals surface area contributed by atoms with Gasteiger partial charge in [-0.3, -0.25) is 4.79 Å². The fraction of sp³-hybridized carbons (Fsp3) is 0.150. The van der Waals surface area contributed by atoms with Crippen molar-refractivity contribution in [2.75, 3.05) is 12.4 Å². The number of carbonyl (C=O) groups is 2. The minimum Gasteiger partial charge on any atom is -0.465 e. The van der Waals surface area contributed by atoms with Gasteiger partial charge in [-0.1, -0.05) is 16.8 Å². The zero-order valence-electron chi connectivity index (χ0n) is 15.4. The van der Waals surface area contributed by atoms with E-state index in [2.05, 4.69) is 15.2 Å². The average molecular weight is 401 g/mol. The number of ether oxygens (including phenoxy) is 2. The normalized spacial score (nSPS) is 10.4. The third kappa shape index (κ3) is 4.15. The van der Waals surface area contributed by atoms with Gasteiger partial charge in [-0.25, -0.2) is 4.79 Å². The lowest BCUT2D eigenvalue weighted by Gasteiger charge is -2.13. The number of nitrogens with zero attached hydrogens (tertiary/aromatic N) is 1. The average Bonchev–Trinajstić information content (AvgIpc) is 3.02. The molecule has 3 rings (SSSR count). The highest BCUT2D eigenvalue weighted by Gasteiger charge is 2.19. The number of aryl methyl sites for hydroxylation is 2. The summed E-state index contributed by atoms with van der Waals surface area (Å²) in [6.45, 7) is 3.34. The molecule has 0 radical (unpaired) electrons. The zero-order chi connectivity index (χ0) is 20.3. The highest BCUT2D eigenvalue weighted by atomic mass is 35.5. The number of carbonyl (C=O) groups excluding carboxylic acids is 2. The van der Waals surface area contributed by atoms with Gasteiger partial charge in [0.25, 0.3) is 5.91 Å². The number of methoxy groups -OCH3 is 1. The molecule has 8 heteroatoms. The van der Waals surface area contributed by atoms with E-state index < -0.39 is 5.97 Å². The van der Waals surface area contributed by atoms with Crippen LogP contribution in [0.2, 0.25) is 5.02 Å². The molecular weight excluding hydrogens is 384 g/mol. The summed E-state index contributed by atoms with van der Waals surface area (Å²) in [5.74, 6) is 0.450. The molecule has 0 fully saturated rings. The van der Waals surface area contributed by atoms with E-state index in [0.29, 0.717) is 44.8 Å². The maximum atomic E-state index is 12.6. The van der Waals surface area contributed by atoms with Crippen molar-refractivity contribution in [3.05, 3.63) is 70.1 Å². The van der Waals surface area contributed by atoms with Gasteiger partial charge in [0.2, 0.25) is 0 Å². The van der Waals surface area contributed by atoms with Crippen LogP contribution in [0.1, 0.15) is 32.2 Å². The fourth-order valence-electron chi connectivity index (χ4n) is 2.58. The molecule has 0 saturated heterocycles. The minimum absolute atomic E-state index is 0.355. The third-order valence-corrected chi connectivity index (χ3v) is 4.19. The predicted molar refractivity (Wildman–Crippen MR) is 103 cm³/mol. The largest absolute Gasteiger partial charge is 0.465 e. The molecule has 1 N–H and O–H groups in total. The number of aromatic nitrogens is 1. The Morgan fingerprint density at radius 2 is 1.82 bits per heavy atom. The molecule has 28 heavy (non-hydrogen) atoms. The van der Waals surface area contributed by atoms with Gasteiger partial charge in [-0.05, 0) is 56.3 Å². The molecular formula is C20H17ClN2O5. The Morgan fingerprint density at radius 1 is 1.11 bits per heavy atom. The van der Waals surface area contributed by atoms with Crippen LogP contribution in [0.3, 0.4) is 0 Å². The molecule has 0 atom stereocenters. The van der Waals surface area contributed by atoms with Crippen LogP contribution < -0.4 is 10.1 Å². The Balaban J connectivity index is 1.85. The first-order chi connectivity index (χ1) is 13.4. The van der Waals surface area contributed by atoms with Gasteiger partial charge in [0.1, 0.15) is 17.1 Å². The van der Waals surface area contributed by atoms with Crippen LogP contribution in [0.25, 0.3) is 0 Å². The number of amides is 1. The first kappa shape index (κ1) is 19.4. The highest BCUT2D eigenvalue weighted by Crippen LogP contribution is 2.33. The van der Waals surface area contributed by atoms with Crippen molar-refractivity contribution in [1.82, 2.24) is 5.16 Å². The van der Waals surface area contributed by atoms with Crippen LogP contribution in [0.5, 0.6) is 11.5 Å². The second-order valence-electron chi connectivity index (χ2n) is 5.91. The molecule has 0 saturated carbocycles. The van der Waals surface area contributed by atoms with Crippen LogP contribution in [0, 0.1) is 13.8 Å². The predicted octanol–water partition coefficient (Wildman–Crippen LogP) is 4.78. The van der Waals surface area contributed by atoms with Crippen molar-refractivity contribution < 1.29 is 23.6 Å². The van der Waals surface area contributed by atoms with Gasteiger partial charge in [-0.2, -0.15) is 0 Å².